The van der Waals surface area contributed by atoms with E-state index in [-0.39, 0.29) is 0 Å². The largest absolute Gasteiger partial charge is 0.433 e. The molecule has 1 N–H and O–H groups in total. The van der Waals surface area contributed by atoms with Crippen molar-refractivity contribution in [3.8, 4) is 10.6 Å². The lowest BCUT2D eigenvalue weighted by Crippen LogP contribution is -2.08. The fraction of sp³-hybridized carbons (Fsp3) is 0.133. The Morgan fingerprint density at radius 1 is 1.08 bits per heavy atom. The van der Waals surface area contributed by atoms with Crippen molar-refractivity contribution >= 4 is 28.6 Å². The molecule has 0 radical (unpaired) electrons. The van der Waals surface area contributed by atoms with Crippen LogP contribution < -0.4 is 5.32 Å². The molecule has 0 saturated heterocycles. The lowest BCUT2D eigenvalue weighted by Gasteiger charge is -2.08. The van der Waals surface area contributed by atoms with Gasteiger partial charge in [-0.1, -0.05) is 11.6 Å². The van der Waals surface area contributed by atoms with Crippen LogP contribution in [0.3, 0.4) is 0 Å². The van der Waals surface area contributed by atoms with Crippen molar-refractivity contribution in [2.75, 3.05) is 5.32 Å². The summed E-state index contributed by atoms with van der Waals surface area (Å²) in [5.74, 6) is 0. The lowest BCUT2D eigenvalue weighted by atomic mass is 10.3. The number of thiazole rings is 1. The molecule has 3 rings (SSSR count). The van der Waals surface area contributed by atoms with Crippen LogP contribution in [0.15, 0.2) is 42.9 Å². The highest BCUT2D eigenvalue weighted by Gasteiger charge is 2.32. The van der Waals surface area contributed by atoms with Crippen LogP contribution >= 0.6 is 22.9 Å². The van der Waals surface area contributed by atoms with E-state index >= 15 is 0 Å². The van der Waals surface area contributed by atoms with Gasteiger partial charge in [-0.15, -0.1) is 11.3 Å². The summed E-state index contributed by atoms with van der Waals surface area (Å²) in [5.41, 5.74) is 0.254. The van der Waals surface area contributed by atoms with Gasteiger partial charge in [0.25, 0.3) is 0 Å². The van der Waals surface area contributed by atoms with E-state index in [1.165, 1.54) is 17.4 Å². The number of nitrogens with one attached hydrogen (secondary N) is 1. The minimum absolute atomic E-state index is 0.348. The van der Waals surface area contributed by atoms with Gasteiger partial charge < -0.3 is 5.32 Å². The van der Waals surface area contributed by atoms with Crippen molar-refractivity contribution in [2.24, 2.45) is 0 Å². The molecule has 0 aromatic carbocycles. The summed E-state index contributed by atoms with van der Waals surface area (Å²) in [6.45, 7) is 0.361. The molecule has 3 heterocycles. The summed E-state index contributed by atoms with van der Waals surface area (Å²) >= 11 is 7.17. The number of halogens is 4. The van der Waals surface area contributed by atoms with Crippen LogP contribution in [-0.2, 0) is 12.7 Å². The first-order valence-corrected chi connectivity index (χ1v) is 7.95. The molecule has 0 atom stereocenters. The monoisotopic (exact) mass is 370 g/mol. The second-order valence-corrected chi connectivity index (χ2v) is 6.28. The van der Waals surface area contributed by atoms with E-state index in [4.69, 9.17) is 11.6 Å². The smallest absolute Gasteiger partial charge is 0.380 e. The topological polar surface area (TPSA) is 50.7 Å². The van der Waals surface area contributed by atoms with Crippen LogP contribution in [-0.4, -0.2) is 15.0 Å². The maximum Gasteiger partial charge on any atom is 0.433 e. The molecule has 0 aliphatic heterocycles. The van der Waals surface area contributed by atoms with E-state index in [1.54, 1.807) is 18.5 Å². The molecule has 3 aromatic rings. The van der Waals surface area contributed by atoms with Gasteiger partial charge in [0.1, 0.15) is 15.9 Å². The van der Waals surface area contributed by atoms with Gasteiger partial charge in [0.05, 0.1) is 6.54 Å². The van der Waals surface area contributed by atoms with Gasteiger partial charge >= 0.3 is 6.18 Å². The van der Waals surface area contributed by atoms with E-state index in [2.05, 4.69) is 20.3 Å². The zero-order chi connectivity index (χ0) is 17.2. The summed E-state index contributed by atoms with van der Waals surface area (Å²) in [5, 5.41) is 4.10. The maximum atomic E-state index is 12.6. The SMILES string of the molecule is FC(F)(F)c1cc(NCc2cnc(-c3ccc(Cl)nc3)s2)ccn1. The minimum atomic E-state index is -4.46. The van der Waals surface area contributed by atoms with E-state index < -0.39 is 11.9 Å². The number of anilines is 1. The Hall–Kier alpha value is -2.19. The Balaban J connectivity index is 1.69. The van der Waals surface area contributed by atoms with Crippen molar-refractivity contribution in [2.45, 2.75) is 12.7 Å². The second-order valence-electron chi connectivity index (χ2n) is 4.78. The molecule has 24 heavy (non-hydrogen) atoms. The van der Waals surface area contributed by atoms with Crippen molar-refractivity contribution < 1.29 is 13.2 Å². The highest BCUT2D eigenvalue weighted by atomic mass is 35.5. The van der Waals surface area contributed by atoms with Gasteiger partial charge in [-0.2, -0.15) is 13.2 Å². The van der Waals surface area contributed by atoms with Gasteiger partial charge in [0, 0.05) is 34.7 Å². The molecule has 0 bridgehead atoms. The lowest BCUT2D eigenvalue weighted by molar-refractivity contribution is -0.141. The van der Waals surface area contributed by atoms with E-state index in [1.807, 2.05) is 6.07 Å². The molecule has 124 valence electrons. The number of nitrogens with zero attached hydrogens (tertiary/aromatic N) is 3. The summed E-state index contributed by atoms with van der Waals surface area (Å²) in [7, 11) is 0. The Morgan fingerprint density at radius 3 is 2.62 bits per heavy atom. The van der Waals surface area contributed by atoms with Gasteiger partial charge in [-0.3, -0.25) is 4.98 Å². The zero-order valence-electron chi connectivity index (χ0n) is 12.0. The number of rotatable bonds is 4. The Labute approximate surface area is 144 Å². The molecule has 0 amide bonds. The van der Waals surface area contributed by atoms with Crippen LogP contribution in [0.5, 0.6) is 0 Å². The molecule has 0 unspecified atom stereocenters. The van der Waals surface area contributed by atoms with Gasteiger partial charge in [-0.25, -0.2) is 9.97 Å². The molecule has 0 fully saturated rings. The molecule has 9 heteroatoms. The number of hydrogen-bond donors (Lipinski definition) is 1. The van der Waals surface area contributed by atoms with Crippen LogP contribution in [0, 0.1) is 0 Å². The van der Waals surface area contributed by atoms with E-state index in [9.17, 15) is 13.2 Å². The summed E-state index contributed by atoms with van der Waals surface area (Å²) in [6, 6.07) is 5.95. The van der Waals surface area contributed by atoms with E-state index in [0.29, 0.717) is 17.4 Å². The molecule has 0 spiro atoms. The number of aromatic nitrogens is 3. The number of alkyl halides is 3. The molecule has 0 aliphatic carbocycles. The summed E-state index contributed by atoms with van der Waals surface area (Å²) in [4.78, 5) is 12.5. The minimum Gasteiger partial charge on any atom is -0.380 e. The van der Waals surface area contributed by atoms with Crippen LogP contribution in [0.2, 0.25) is 5.15 Å². The molecule has 0 aliphatic rings. The average Bonchev–Trinajstić information content (AvgIpc) is 3.02. The fourth-order valence-electron chi connectivity index (χ4n) is 1.91. The van der Waals surface area contributed by atoms with Crippen molar-refractivity contribution in [3.63, 3.8) is 0 Å². The predicted octanol–water partition coefficient (Wildman–Crippen LogP) is 4.88. The van der Waals surface area contributed by atoms with E-state index in [0.717, 1.165) is 27.7 Å². The maximum absolute atomic E-state index is 12.6. The molecule has 4 nitrogen and oxygen atoms in total. The van der Waals surface area contributed by atoms with Crippen LogP contribution in [0.4, 0.5) is 18.9 Å². The third-order valence-corrected chi connectivity index (χ3v) is 4.31. The zero-order valence-corrected chi connectivity index (χ0v) is 13.6. The molecular weight excluding hydrogens is 361 g/mol. The quantitative estimate of drug-likeness (QED) is 0.665. The third-order valence-electron chi connectivity index (χ3n) is 3.05. The highest BCUT2D eigenvalue weighted by Crippen LogP contribution is 2.29. The Bertz CT molecular complexity index is 833. The summed E-state index contributed by atoms with van der Waals surface area (Å²) in [6.07, 6.45) is -0.0378. The first-order chi connectivity index (χ1) is 11.4. The van der Waals surface area contributed by atoms with Crippen molar-refractivity contribution in [3.05, 3.63) is 58.6 Å². The van der Waals surface area contributed by atoms with Crippen molar-refractivity contribution in [1.29, 1.82) is 0 Å². The number of hydrogen-bond acceptors (Lipinski definition) is 5. The fourth-order valence-corrected chi connectivity index (χ4v) is 2.86. The Kier molecular flexibility index (Phi) is 4.68. The normalized spacial score (nSPS) is 11.5. The van der Waals surface area contributed by atoms with Gasteiger partial charge in [0.2, 0.25) is 0 Å². The third kappa shape index (κ3) is 4.01. The standard InChI is InChI=1S/C15H10ClF3N4S/c16-13-2-1-9(6-22-13)14-23-8-11(24-14)7-21-10-3-4-20-12(5-10)15(17,18)19/h1-6,8H,7H2,(H,20,21). The molecule has 3 aromatic heterocycles. The second kappa shape index (κ2) is 6.74. The number of pyridine rings is 2. The molecular formula is C15H10ClF3N4S. The summed E-state index contributed by atoms with van der Waals surface area (Å²) < 4.78 is 37.9. The predicted molar refractivity (Wildman–Crippen MR) is 86.9 cm³/mol. The van der Waals surface area contributed by atoms with Gasteiger partial charge in [0.15, 0.2) is 0 Å². The first kappa shape index (κ1) is 16.7. The molecule has 0 saturated carbocycles. The van der Waals surface area contributed by atoms with Crippen LogP contribution in [0.25, 0.3) is 10.6 Å². The highest BCUT2D eigenvalue weighted by molar-refractivity contribution is 7.15. The van der Waals surface area contributed by atoms with Gasteiger partial charge in [-0.05, 0) is 24.3 Å². The first-order valence-electron chi connectivity index (χ1n) is 6.75. The van der Waals surface area contributed by atoms with Crippen molar-refractivity contribution in [1.82, 2.24) is 15.0 Å². The Morgan fingerprint density at radius 2 is 1.92 bits per heavy atom. The average molecular weight is 371 g/mol. The van der Waals surface area contributed by atoms with Crippen LogP contribution in [0.1, 0.15) is 10.6 Å².